The van der Waals surface area contributed by atoms with Crippen molar-refractivity contribution in [1.29, 1.82) is 0 Å². The highest BCUT2D eigenvalue weighted by atomic mass is 19.1. The lowest BCUT2D eigenvalue weighted by atomic mass is 10.0. The average molecular weight is 224 g/mol. The molecule has 0 bridgehead atoms. The lowest BCUT2D eigenvalue weighted by Gasteiger charge is -2.28. The number of ether oxygens (including phenoxy) is 1. The van der Waals surface area contributed by atoms with Crippen molar-refractivity contribution in [2.45, 2.75) is 6.04 Å². The molecule has 0 amide bonds. The van der Waals surface area contributed by atoms with E-state index in [4.69, 9.17) is 4.74 Å². The van der Waals surface area contributed by atoms with Gasteiger partial charge in [-0.25, -0.2) is 4.39 Å². The maximum Gasteiger partial charge on any atom is 0.123 e. The predicted molar refractivity (Wildman–Crippen MR) is 62.3 cm³/mol. The van der Waals surface area contributed by atoms with Gasteiger partial charge < -0.3 is 15.0 Å². The highest BCUT2D eigenvalue weighted by molar-refractivity contribution is 5.54. The quantitative estimate of drug-likeness (QED) is 0.825. The third-order valence-corrected chi connectivity index (χ3v) is 2.77. The van der Waals surface area contributed by atoms with Crippen LogP contribution in [0.3, 0.4) is 0 Å². The van der Waals surface area contributed by atoms with Crippen LogP contribution in [0.4, 0.5) is 10.1 Å². The summed E-state index contributed by atoms with van der Waals surface area (Å²) < 4.78 is 18.7. The Kier molecular flexibility index (Phi) is 3.41. The topological polar surface area (TPSA) is 24.5 Å². The van der Waals surface area contributed by atoms with Crippen molar-refractivity contribution in [3.05, 3.63) is 29.6 Å². The van der Waals surface area contributed by atoms with Crippen LogP contribution < -0.4 is 10.2 Å². The molecule has 16 heavy (non-hydrogen) atoms. The van der Waals surface area contributed by atoms with Gasteiger partial charge in [-0.15, -0.1) is 0 Å². The van der Waals surface area contributed by atoms with Gasteiger partial charge in [-0.05, 0) is 23.8 Å². The van der Waals surface area contributed by atoms with Crippen LogP contribution in [-0.2, 0) is 4.74 Å². The van der Waals surface area contributed by atoms with E-state index in [1.807, 2.05) is 19.0 Å². The van der Waals surface area contributed by atoms with Crippen LogP contribution >= 0.6 is 0 Å². The minimum Gasteiger partial charge on any atom is -0.378 e. The molecule has 0 radical (unpaired) electrons. The summed E-state index contributed by atoms with van der Waals surface area (Å²) in [5.41, 5.74) is 1.99. The van der Waals surface area contributed by atoms with Crippen molar-refractivity contribution in [1.82, 2.24) is 5.32 Å². The Morgan fingerprint density at radius 1 is 1.44 bits per heavy atom. The van der Waals surface area contributed by atoms with Crippen LogP contribution in [0.2, 0.25) is 0 Å². The SMILES string of the molecule is CN(C)c1ccc(F)cc1C1COCCN1. The Morgan fingerprint density at radius 3 is 2.88 bits per heavy atom. The van der Waals surface area contributed by atoms with E-state index in [1.165, 1.54) is 6.07 Å². The minimum atomic E-state index is -0.201. The first kappa shape index (κ1) is 11.4. The van der Waals surface area contributed by atoms with Crippen LogP contribution in [0.15, 0.2) is 18.2 Å². The Hall–Kier alpha value is -1.13. The zero-order chi connectivity index (χ0) is 11.5. The van der Waals surface area contributed by atoms with E-state index in [0.29, 0.717) is 6.61 Å². The molecule has 1 unspecified atom stereocenters. The van der Waals surface area contributed by atoms with Crippen LogP contribution in [-0.4, -0.2) is 33.9 Å². The molecule has 1 heterocycles. The third kappa shape index (κ3) is 2.33. The van der Waals surface area contributed by atoms with Crippen LogP contribution in [0.5, 0.6) is 0 Å². The highest BCUT2D eigenvalue weighted by Gasteiger charge is 2.19. The second kappa shape index (κ2) is 4.80. The monoisotopic (exact) mass is 224 g/mol. The van der Waals surface area contributed by atoms with Gasteiger partial charge in [0.15, 0.2) is 0 Å². The molecule has 0 aromatic heterocycles. The van der Waals surface area contributed by atoms with Crippen LogP contribution in [0, 0.1) is 5.82 Å². The van der Waals surface area contributed by atoms with Crippen molar-refractivity contribution in [2.24, 2.45) is 0 Å². The predicted octanol–water partition coefficient (Wildman–Crippen LogP) is 1.55. The van der Waals surface area contributed by atoms with E-state index in [2.05, 4.69) is 5.32 Å². The summed E-state index contributed by atoms with van der Waals surface area (Å²) in [6.07, 6.45) is 0. The molecule has 88 valence electrons. The molecule has 0 spiro atoms. The van der Waals surface area contributed by atoms with E-state index in [0.717, 1.165) is 24.4 Å². The number of morpholine rings is 1. The molecule has 1 aromatic rings. The molecule has 1 fully saturated rings. The Labute approximate surface area is 95.2 Å². The third-order valence-electron chi connectivity index (χ3n) is 2.77. The summed E-state index contributed by atoms with van der Waals surface area (Å²) in [6, 6.07) is 4.97. The lowest BCUT2D eigenvalue weighted by Crippen LogP contribution is -2.35. The van der Waals surface area contributed by atoms with Crippen molar-refractivity contribution >= 4 is 5.69 Å². The Balaban J connectivity index is 2.32. The molecule has 0 aliphatic carbocycles. The summed E-state index contributed by atoms with van der Waals surface area (Å²) >= 11 is 0. The summed E-state index contributed by atoms with van der Waals surface area (Å²) in [4.78, 5) is 1.99. The van der Waals surface area contributed by atoms with Gasteiger partial charge in [0.05, 0.1) is 19.3 Å². The maximum absolute atomic E-state index is 13.3. The van der Waals surface area contributed by atoms with Crippen LogP contribution in [0.25, 0.3) is 0 Å². The zero-order valence-corrected chi connectivity index (χ0v) is 9.66. The first-order valence-electron chi connectivity index (χ1n) is 5.46. The first-order valence-corrected chi connectivity index (χ1v) is 5.46. The fraction of sp³-hybridized carbons (Fsp3) is 0.500. The van der Waals surface area contributed by atoms with E-state index in [-0.39, 0.29) is 11.9 Å². The standard InChI is InChI=1S/C12H17FN2O/c1-15(2)12-4-3-9(13)7-10(12)11-8-16-6-5-14-11/h3-4,7,11,14H,5-6,8H2,1-2H3. The number of nitrogens with zero attached hydrogens (tertiary/aromatic N) is 1. The largest absolute Gasteiger partial charge is 0.378 e. The molecule has 4 heteroatoms. The number of nitrogens with one attached hydrogen (secondary N) is 1. The normalized spacial score (nSPS) is 20.8. The summed E-state index contributed by atoms with van der Waals surface area (Å²) in [7, 11) is 3.92. The van der Waals surface area contributed by atoms with Gasteiger partial charge in [0.1, 0.15) is 5.82 Å². The van der Waals surface area contributed by atoms with Crippen molar-refractivity contribution < 1.29 is 9.13 Å². The molecule has 1 N–H and O–H groups in total. The molecule has 1 aliphatic rings. The Bertz CT molecular complexity index is 362. The van der Waals surface area contributed by atoms with Crippen molar-refractivity contribution in [3.63, 3.8) is 0 Å². The summed E-state index contributed by atoms with van der Waals surface area (Å²) in [6.45, 7) is 2.14. The van der Waals surface area contributed by atoms with Gasteiger partial charge >= 0.3 is 0 Å². The minimum absolute atomic E-state index is 0.0850. The summed E-state index contributed by atoms with van der Waals surface area (Å²) in [5, 5.41) is 3.34. The molecule has 2 rings (SSSR count). The fourth-order valence-electron chi connectivity index (χ4n) is 1.98. The van der Waals surface area contributed by atoms with Gasteiger partial charge in [-0.3, -0.25) is 0 Å². The number of anilines is 1. The molecule has 3 nitrogen and oxygen atoms in total. The smallest absolute Gasteiger partial charge is 0.123 e. The summed E-state index contributed by atoms with van der Waals surface area (Å²) in [5.74, 6) is -0.201. The number of benzene rings is 1. The van der Waals surface area contributed by atoms with Crippen molar-refractivity contribution in [3.8, 4) is 0 Å². The van der Waals surface area contributed by atoms with Gasteiger partial charge in [0.2, 0.25) is 0 Å². The molecule has 1 aromatic carbocycles. The number of hydrogen-bond donors (Lipinski definition) is 1. The second-order valence-corrected chi connectivity index (χ2v) is 4.18. The van der Waals surface area contributed by atoms with Crippen molar-refractivity contribution in [2.75, 3.05) is 38.8 Å². The zero-order valence-electron chi connectivity index (χ0n) is 9.66. The average Bonchev–Trinajstić information content (AvgIpc) is 2.29. The second-order valence-electron chi connectivity index (χ2n) is 4.18. The van der Waals surface area contributed by atoms with Gasteiger partial charge in [-0.1, -0.05) is 0 Å². The van der Waals surface area contributed by atoms with Gasteiger partial charge in [0.25, 0.3) is 0 Å². The van der Waals surface area contributed by atoms with E-state index < -0.39 is 0 Å². The van der Waals surface area contributed by atoms with Gasteiger partial charge in [0, 0.05) is 26.3 Å². The Morgan fingerprint density at radius 2 is 2.25 bits per heavy atom. The molecular formula is C12H17FN2O. The first-order chi connectivity index (χ1) is 7.68. The fourth-order valence-corrected chi connectivity index (χ4v) is 1.98. The highest BCUT2D eigenvalue weighted by Crippen LogP contribution is 2.27. The number of rotatable bonds is 2. The molecular weight excluding hydrogens is 207 g/mol. The lowest BCUT2D eigenvalue weighted by molar-refractivity contribution is 0.0769. The van der Waals surface area contributed by atoms with E-state index in [9.17, 15) is 4.39 Å². The number of halogens is 1. The molecule has 1 aliphatic heterocycles. The molecule has 0 saturated carbocycles. The van der Waals surface area contributed by atoms with Gasteiger partial charge in [-0.2, -0.15) is 0 Å². The van der Waals surface area contributed by atoms with Crippen LogP contribution in [0.1, 0.15) is 11.6 Å². The van der Waals surface area contributed by atoms with E-state index >= 15 is 0 Å². The molecule has 1 atom stereocenters. The van der Waals surface area contributed by atoms with E-state index in [1.54, 1.807) is 12.1 Å². The molecule has 1 saturated heterocycles. The number of hydrogen-bond acceptors (Lipinski definition) is 3. The maximum atomic E-state index is 13.3.